The molecule has 78 valence electrons. The van der Waals surface area contributed by atoms with Crippen molar-refractivity contribution < 1.29 is 0 Å². The van der Waals surface area contributed by atoms with Gasteiger partial charge >= 0.3 is 0 Å². The summed E-state index contributed by atoms with van der Waals surface area (Å²) in [5, 5.41) is 11.8. The summed E-state index contributed by atoms with van der Waals surface area (Å²) in [7, 11) is 0. The highest BCUT2D eigenvalue weighted by Gasteiger charge is 2.31. The third-order valence-corrected chi connectivity index (χ3v) is 2.86. The quantitative estimate of drug-likeness (QED) is 0.773. The maximum atomic E-state index is 8.60. The summed E-state index contributed by atoms with van der Waals surface area (Å²) in [6.45, 7) is 0.756. The van der Waals surface area contributed by atoms with Crippen LogP contribution >= 0.6 is 0 Å². The SMILES string of the molecule is N#Cc1ccc(NCC2(N)CCC2)nc1. The molecule has 0 radical (unpaired) electrons. The molecule has 1 heterocycles. The van der Waals surface area contributed by atoms with Crippen LogP contribution in [0.4, 0.5) is 5.82 Å². The lowest BCUT2D eigenvalue weighted by atomic mass is 9.78. The number of nitrogens with one attached hydrogen (secondary N) is 1. The largest absolute Gasteiger partial charge is 0.368 e. The van der Waals surface area contributed by atoms with E-state index in [0.717, 1.165) is 25.2 Å². The number of hydrogen-bond acceptors (Lipinski definition) is 4. The first-order chi connectivity index (χ1) is 7.22. The van der Waals surface area contributed by atoms with E-state index in [1.165, 1.54) is 6.42 Å². The van der Waals surface area contributed by atoms with Crippen molar-refractivity contribution in [2.45, 2.75) is 24.8 Å². The molecule has 15 heavy (non-hydrogen) atoms. The Morgan fingerprint density at radius 1 is 1.53 bits per heavy atom. The molecule has 3 N–H and O–H groups in total. The van der Waals surface area contributed by atoms with E-state index in [1.807, 2.05) is 6.07 Å². The first-order valence-corrected chi connectivity index (χ1v) is 5.11. The molecule has 0 spiro atoms. The molecule has 4 heteroatoms. The van der Waals surface area contributed by atoms with E-state index in [2.05, 4.69) is 10.3 Å². The number of aromatic nitrogens is 1. The van der Waals surface area contributed by atoms with E-state index in [0.29, 0.717) is 5.56 Å². The van der Waals surface area contributed by atoms with Crippen LogP contribution in [0.15, 0.2) is 18.3 Å². The van der Waals surface area contributed by atoms with Crippen molar-refractivity contribution in [2.24, 2.45) is 5.73 Å². The Morgan fingerprint density at radius 3 is 2.80 bits per heavy atom. The molecule has 4 nitrogen and oxygen atoms in total. The fraction of sp³-hybridized carbons (Fsp3) is 0.455. The molecule has 0 saturated heterocycles. The number of anilines is 1. The highest BCUT2D eigenvalue weighted by Crippen LogP contribution is 2.28. The number of pyridine rings is 1. The van der Waals surface area contributed by atoms with Gasteiger partial charge in [0.15, 0.2) is 0 Å². The van der Waals surface area contributed by atoms with E-state index < -0.39 is 0 Å². The van der Waals surface area contributed by atoms with Crippen molar-refractivity contribution in [3.63, 3.8) is 0 Å². The lowest BCUT2D eigenvalue weighted by Crippen LogP contribution is -2.52. The first kappa shape index (κ1) is 9.94. The van der Waals surface area contributed by atoms with Crippen molar-refractivity contribution in [3.8, 4) is 6.07 Å². The Morgan fingerprint density at radius 2 is 2.33 bits per heavy atom. The summed E-state index contributed by atoms with van der Waals surface area (Å²) < 4.78 is 0. The molecule has 0 unspecified atom stereocenters. The van der Waals surface area contributed by atoms with Gasteiger partial charge in [-0.3, -0.25) is 0 Å². The minimum Gasteiger partial charge on any atom is -0.368 e. The molecule has 0 atom stereocenters. The molecule has 0 amide bonds. The van der Waals surface area contributed by atoms with E-state index >= 15 is 0 Å². The minimum atomic E-state index is -0.0461. The van der Waals surface area contributed by atoms with E-state index in [1.54, 1.807) is 18.3 Å². The number of nitriles is 1. The molecule has 0 aromatic carbocycles. The predicted octanol–water partition coefficient (Wildman–Crippen LogP) is 1.25. The summed E-state index contributed by atoms with van der Waals surface area (Å²) in [5.41, 5.74) is 6.59. The van der Waals surface area contributed by atoms with E-state index in [9.17, 15) is 0 Å². The van der Waals surface area contributed by atoms with Crippen LogP contribution in [-0.4, -0.2) is 17.1 Å². The van der Waals surface area contributed by atoms with Gasteiger partial charge in [-0.1, -0.05) is 0 Å². The van der Waals surface area contributed by atoms with Crippen molar-refractivity contribution >= 4 is 5.82 Å². The summed E-state index contributed by atoms with van der Waals surface area (Å²) in [5.74, 6) is 0.783. The third kappa shape index (κ3) is 2.25. The smallest absolute Gasteiger partial charge is 0.126 e. The number of nitrogens with two attached hydrogens (primary N) is 1. The molecule has 1 aliphatic rings. The lowest BCUT2D eigenvalue weighted by Gasteiger charge is -2.38. The van der Waals surface area contributed by atoms with Crippen LogP contribution in [0.5, 0.6) is 0 Å². The summed E-state index contributed by atoms with van der Waals surface area (Å²) >= 11 is 0. The van der Waals surface area contributed by atoms with Crippen molar-refractivity contribution in [1.82, 2.24) is 4.98 Å². The molecule has 0 bridgehead atoms. The van der Waals surface area contributed by atoms with Gasteiger partial charge in [-0.05, 0) is 31.4 Å². The standard InChI is InChI=1S/C11H14N4/c12-6-9-2-3-10(14-7-9)15-8-11(13)4-1-5-11/h2-3,7H,1,4-5,8,13H2,(H,14,15). The zero-order valence-electron chi connectivity index (χ0n) is 8.53. The first-order valence-electron chi connectivity index (χ1n) is 5.11. The summed E-state index contributed by atoms with van der Waals surface area (Å²) in [6, 6.07) is 5.59. The van der Waals surface area contributed by atoms with E-state index in [4.69, 9.17) is 11.0 Å². The average Bonchev–Trinajstić information content (AvgIpc) is 2.24. The van der Waals surface area contributed by atoms with Crippen LogP contribution in [0.25, 0.3) is 0 Å². The van der Waals surface area contributed by atoms with Gasteiger partial charge in [0.2, 0.25) is 0 Å². The Bertz CT molecular complexity index is 373. The van der Waals surface area contributed by atoms with Crippen molar-refractivity contribution in [2.75, 3.05) is 11.9 Å². The summed E-state index contributed by atoms with van der Waals surface area (Å²) in [6.07, 6.45) is 4.94. The second-order valence-corrected chi connectivity index (χ2v) is 4.11. The predicted molar refractivity (Wildman–Crippen MR) is 58.2 cm³/mol. The molecule has 1 aromatic rings. The van der Waals surface area contributed by atoms with Gasteiger partial charge < -0.3 is 11.1 Å². The van der Waals surface area contributed by atoms with E-state index in [-0.39, 0.29) is 5.54 Å². The fourth-order valence-corrected chi connectivity index (χ4v) is 1.64. The number of nitrogens with zero attached hydrogens (tertiary/aromatic N) is 2. The Balaban J connectivity index is 1.91. The normalized spacial score (nSPS) is 17.6. The van der Waals surface area contributed by atoms with Gasteiger partial charge in [-0.2, -0.15) is 5.26 Å². The van der Waals surface area contributed by atoms with Gasteiger partial charge in [0.1, 0.15) is 11.9 Å². The average molecular weight is 202 g/mol. The third-order valence-electron chi connectivity index (χ3n) is 2.86. The zero-order valence-corrected chi connectivity index (χ0v) is 8.53. The Hall–Kier alpha value is -1.60. The molecular formula is C11H14N4. The molecule has 1 aromatic heterocycles. The molecule has 0 aliphatic heterocycles. The fourth-order valence-electron chi connectivity index (χ4n) is 1.64. The highest BCUT2D eigenvalue weighted by atomic mass is 15.0. The van der Waals surface area contributed by atoms with Gasteiger partial charge in [0, 0.05) is 18.3 Å². The van der Waals surface area contributed by atoms with Crippen LogP contribution in [0.2, 0.25) is 0 Å². The zero-order chi connectivity index (χ0) is 10.7. The minimum absolute atomic E-state index is 0.0461. The van der Waals surface area contributed by atoms with Gasteiger partial charge in [-0.15, -0.1) is 0 Å². The molecule has 2 rings (SSSR count). The number of rotatable bonds is 3. The maximum absolute atomic E-state index is 8.60. The topological polar surface area (TPSA) is 74.7 Å². The molecular weight excluding hydrogens is 188 g/mol. The molecule has 1 aliphatic carbocycles. The summed E-state index contributed by atoms with van der Waals surface area (Å²) in [4.78, 5) is 4.12. The lowest BCUT2D eigenvalue weighted by molar-refractivity contribution is 0.265. The molecule has 1 fully saturated rings. The Kier molecular flexibility index (Phi) is 2.57. The van der Waals surface area contributed by atoms with Gasteiger partial charge in [0.05, 0.1) is 5.56 Å². The maximum Gasteiger partial charge on any atom is 0.126 e. The second-order valence-electron chi connectivity index (χ2n) is 4.11. The van der Waals surface area contributed by atoms with Crippen molar-refractivity contribution in [1.29, 1.82) is 5.26 Å². The van der Waals surface area contributed by atoms with Crippen LogP contribution in [0.3, 0.4) is 0 Å². The van der Waals surface area contributed by atoms with Crippen LogP contribution < -0.4 is 11.1 Å². The van der Waals surface area contributed by atoms with Crippen molar-refractivity contribution in [3.05, 3.63) is 23.9 Å². The van der Waals surface area contributed by atoms with Crippen LogP contribution in [0, 0.1) is 11.3 Å². The Labute approximate surface area is 89.1 Å². The van der Waals surface area contributed by atoms with Crippen LogP contribution in [0.1, 0.15) is 24.8 Å². The van der Waals surface area contributed by atoms with Crippen LogP contribution in [-0.2, 0) is 0 Å². The number of hydrogen-bond donors (Lipinski definition) is 2. The molecule has 1 saturated carbocycles. The highest BCUT2D eigenvalue weighted by molar-refractivity contribution is 5.39. The van der Waals surface area contributed by atoms with Gasteiger partial charge in [-0.25, -0.2) is 4.98 Å². The monoisotopic (exact) mass is 202 g/mol. The van der Waals surface area contributed by atoms with Gasteiger partial charge in [0.25, 0.3) is 0 Å². The second kappa shape index (κ2) is 3.87.